The number of nitrogen functional groups attached to an aromatic ring is 1. The largest absolute Gasteiger partial charge is 0.397 e. The number of hydrogen-bond acceptors (Lipinski definition) is 3. The number of nitrogens with one attached hydrogen (secondary N) is 1. The predicted molar refractivity (Wildman–Crippen MR) is 79.7 cm³/mol. The maximum absolute atomic E-state index is 5.58. The molecule has 0 radical (unpaired) electrons. The minimum Gasteiger partial charge on any atom is -0.397 e. The first kappa shape index (κ1) is 14.8. The molecular weight excluding hydrogens is 222 g/mol. The summed E-state index contributed by atoms with van der Waals surface area (Å²) in [6.07, 6.45) is 12.5. The van der Waals surface area contributed by atoms with Gasteiger partial charge in [0, 0.05) is 6.54 Å². The molecule has 0 unspecified atom stereocenters. The van der Waals surface area contributed by atoms with Gasteiger partial charge in [-0.25, -0.2) is 4.98 Å². The van der Waals surface area contributed by atoms with Gasteiger partial charge in [0.25, 0.3) is 0 Å². The molecule has 1 aromatic heterocycles. The van der Waals surface area contributed by atoms with E-state index in [-0.39, 0.29) is 0 Å². The average Bonchev–Trinajstić information content (AvgIpc) is 2.39. The first-order chi connectivity index (χ1) is 8.83. The van der Waals surface area contributed by atoms with E-state index < -0.39 is 0 Å². The van der Waals surface area contributed by atoms with Gasteiger partial charge >= 0.3 is 0 Å². The normalized spacial score (nSPS) is 10.5. The SMILES string of the molecule is CCCCCCCCCCNc1ccc(N)cn1. The maximum atomic E-state index is 5.58. The molecule has 1 rings (SSSR count). The van der Waals surface area contributed by atoms with Crippen LogP contribution in [0.15, 0.2) is 18.3 Å². The first-order valence-electron chi connectivity index (χ1n) is 7.28. The molecular formula is C15H27N3. The van der Waals surface area contributed by atoms with Crippen LogP contribution in [0.5, 0.6) is 0 Å². The number of nitrogens with zero attached hydrogens (tertiary/aromatic N) is 1. The van der Waals surface area contributed by atoms with Crippen molar-refractivity contribution in [2.45, 2.75) is 58.3 Å². The third-order valence-electron chi connectivity index (χ3n) is 3.12. The second kappa shape index (κ2) is 9.75. The number of pyridine rings is 1. The minimum absolute atomic E-state index is 0.715. The van der Waals surface area contributed by atoms with E-state index >= 15 is 0 Å². The van der Waals surface area contributed by atoms with Gasteiger partial charge in [-0.05, 0) is 18.6 Å². The van der Waals surface area contributed by atoms with E-state index in [4.69, 9.17) is 5.73 Å². The van der Waals surface area contributed by atoms with Crippen molar-refractivity contribution in [1.29, 1.82) is 0 Å². The summed E-state index contributed by atoms with van der Waals surface area (Å²) in [4.78, 5) is 4.21. The summed E-state index contributed by atoms with van der Waals surface area (Å²) in [5, 5.41) is 3.32. The molecule has 0 amide bonds. The highest BCUT2D eigenvalue weighted by molar-refractivity contribution is 5.43. The van der Waals surface area contributed by atoms with E-state index in [0.29, 0.717) is 5.69 Å². The molecule has 3 nitrogen and oxygen atoms in total. The lowest BCUT2D eigenvalue weighted by Gasteiger charge is -2.05. The van der Waals surface area contributed by atoms with E-state index in [1.54, 1.807) is 6.20 Å². The van der Waals surface area contributed by atoms with Gasteiger partial charge in [-0.3, -0.25) is 0 Å². The van der Waals surface area contributed by atoms with Crippen molar-refractivity contribution in [3.05, 3.63) is 18.3 Å². The molecule has 0 spiro atoms. The highest BCUT2D eigenvalue weighted by Crippen LogP contribution is 2.09. The summed E-state index contributed by atoms with van der Waals surface area (Å²) in [6.45, 7) is 3.27. The Morgan fingerprint density at radius 1 is 1.00 bits per heavy atom. The van der Waals surface area contributed by atoms with Gasteiger partial charge < -0.3 is 11.1 Å². The third kappa shape index (κ3) is 7.15. The molecule has 3 N–H and O–H groups in total. The fourth-order valence-electron chi connectivity index (χ4n) is 1.99. The summed E-state index contributed by atoms with van der Waals surface area (Å²) >= 11 is 0. The van der Waals surface area contributed by atoms with Gasteiger partial charge in [0.15, 0.2) is 0 Å². The lowest BCUT2D eigenvalue weighted by atomic mass is 10.1. The fourth-order valence-corrected chi connectivity index (χ4v) is 1.99. The molecule has 0 atom stereocenters. The van der Waals surface area contributed by atoms with Crippen molar-refractivity contribution in [2.75, 3.05) is 17.6 Å². The first-order valence-corrected chi connectivity index (χ1v) is 7.28. The van der Waals surface area contributed by atoms with Crippen LogP contribution in [0.25, 0.3) is 0 Å². The van der Waals surface area contributed by atoms with Crippen LogP contribution in [0.2, 0.25) is 0 Å². The van der Waals surface area contributed by atoms with Crippen LogP contribution in [-0.2, 0) is 0 Å². The molecule has 0 bridgehead atoms. The van der Waals surface area contributed by atoms with E-state index in [2.05, 4.69) is 17.2 Å². The molecule has 3 heteroatoms. The molecule has 0 aromatic carbocycles. The molecule has 0 aliphatic carbocycles. The Morgan fingerprint density at radius 2 is 1.67 bits per heavy atom. The minimum atomic E-state index is 0.715. The molecule has 1 heterocycles. The molecule has 18 heavy (non-hydrogen) atoms. The van der Waals surface area contributed by atoms with E-state index in [1.807, 2.05) is 12.1 Å². The number of anilines is 2. The van der Waals surface area contributed by atoms with Crippen molar-refractivity contribution in [1.82, 2.24) is 4.98 Å². The van der Waals surface area contributed by atoms with Crippen molar-refractivity contribution in [3.8, 4) is 0 Å². The van der Waals surface area contributed by atoms with Crippen LogP contribution in [0.1, 0.15) is 58.3 Å². The number of nitrogens with two attached hydrogens (primary N) is 1. The van der Waals surface area contributed by atoms with Gasteiger partial charge in [-0.15, -0.1) is 0 Å². The Hall–Kier alpha value is -1.25. The summed E-state index contributed by atoms with van der Waals surface area (Å²) in [5.74, 6) is 0.923. The van der Waals surface area contributed by atoms with Crippen molar-refractivity contribution in [3.63, 3.8) is 0 Å². The smallest absolute Gasteiger partial charge is 0.126 e. The maximum Gasteiger partial charge on any atom is 0.126 e. The second-order valence-corrected chi connectivity index (χ2v) is 4.88. The summed E-state index contributed by atoms with van der Waals surface area (Å²) in [6, 6.07) is 3.81. The Morgan fingerprint density at radius 3 is 2.28 bits per heavy atom. The van der Waals surface area contributed by atoms with Crippen LogP contribution in [0.3, 0.4) is 0 Å². The van der Waals surface area contributed by atoms with Gasteiger partial charge in [-0.2, -0.15) is 0 Å². The van der Waals surface area contributed by atoms with Crippen LogP contribution in [0, 0.1) is 0 Å². The Labute approximate surface area is 111 Å². The van der Waals surface area contributed by atoms with Crippen LogP contribution in [-0.4, -0.2) is 11.5 Å². The molecule has 0 fully saturated rings. The summed E-state index contributed by atoms with van der Waals surface area (Å²) < 4.78 is 0. The van der Waals surface area contributed by atoms with E-state index in [9.17, 15) is 0 Å². The monoisotopic (exact) mass is 249 g/mol. The molecule has 102 valence electrons. The van der Waals surface area contributed by atoms with Gasteiger partial charge in [0.2, 0.25) is 0 Å². The Balaban J connectivity index is 1.91. The topological polar surface area (TPSA) is 50.9 Å². The predicted octanol–water partition coefficient (Wildman–Crippen LogP) is 4.22. The zero-order valence-electron chi connectivity index (χ0n) is 11.6. The van der Waals surface area contributed by atoms with Crippen LogP contribution >= 0.6 is 0 Å². The van der Waals surface area contributed by atoms with Gasteiger partial charge in [0.05, 0.1) is 11.9 Å². The molecule has 0 saturated carbocycles. The van der Waals surface area contributed by atoms with E-state index in [1.165, 1.54) is 51.4 Å². The second-order valence-electron chi connectivity index (χ2n) is 4.88. The molecule has 0 saturated heterocycles. The lowest BCUT2D eigenvalue weighted by molar-refractivity contribution is 0.581. The molecule has 0 aliphatic heterocycles. The van der Waals surface area contributed by atoms with Gasteiger partial charge in [0.1, 0.15) is 5.82 Å². The number of rotatable bonds is 10. The standard InChI is InChI=1S/C15H27N3/c1-2-3-4-5-6-7-8-9-12-17-15-11-10-14(16)13-18-15/h10-11,13H,2-9,12,16H2,1H3,(H,17,18). The fraction of sp³-hybridized carbons (Fsp3) is 0.667. The highest BCUT2D eigenvalue weighted by Gasteiger charge is 1.94. The van der Waals surface area contributed by atoms with Crippen molar-refractivity contribution < 1.29 is 0 Å². The summed E-state index contributed by atoms with van der Waals surface area (Å²) in [5.41, 5.74) is 6.30. The van der Waals surface area contributed by atoms with Crippen LogP contribution < -0.4 is 11.1 Å². The zero-order valence-corrected chi connectivity index (χ0v) is 11.6. The zero-order chi connectivity index (χ0) is 13.1. The molecule has 0 aliphatic rings. The van der Waals surface area contributed by atoms with Crippen molar-refractivity contribution >= 4 is 11.5 Å². The van der Waals surface area contributed by atoms with Crippen molar-refractivity contribution in [2.24, 2.45) is 0 Å². The molecule has 1 aromatic rings. The average molecular weight is 249 g/mol. The third-order valence-corrected chi connectivity index (χ3v) is 3.12. The van der Waals surface area contributed by atoms with Crippen LogP contribution in [0.4, 0.5) is 11.5 Å². The number of unbranched alkanes of at least 4 members (excludes halogenated alkanes) is 7. The Kier molecular flexibility index (Phi) is 8.02. The highest BCUT2D eigenvalue weighted by atomic mass is 15.0. The lowest BCUT2D eigenvalue weighted by Crippen LogP contribution is -2.03. The summed E-state index contributed by atoms with van der Waals surface area (Å²) in [7, 11) is 0. The number of aromatic nitrogens is 1. The Bertz CT molecular complexity index is 295. The number of hydrogen-bond donors (Lipinski definition) is 2. The van der Waals surface area contributed by atoms with E-state index in [0.717, 1.165) is 12.4 Å². The quantitative estimate of drug-likeness (QED) is 0.610. The van der Waals surface area contributed by atoms with Gasteiger partial charge in [-0.1, -0.05) is 51.9 Å².